The quantitative estimate of drug-likeness (QED) is 0.447. The van der Waals surface area contributed by atoms with Crippen LogP contribution in [0.25, 0.3) is 10.4 Å². The molecule has 0 aromatic heterocycles. The summed E-state index contributed by atoms with van der Waals surface area (Å²) in [5.74, 6) is 0.0289. The van der Waals surface area contributed by atoms with Gasteiger partial charge in [-0.05, 0) is 30.5 Å². The zero-order valence-electron chi connectivity index (χ0n) is 9.49. The lowest BCUT2D eigenvalue weighted by Crippen LogP contribution is -2.37. The van der Waals surface area contributed by atoms with Crippen LogP contribution in [0.5, 0.6) is 0 Å². The van der Waals surface area contributed by atoms with Gasteiger partial charge >= 0.3 is 0 Å². The molecule has 1 heterocycles. The third kappa shape index (κ3) is 2.57. The summed E-state index contributed by atoms with van der Waals surface area (Å²) in [5.41, 5.74) is 9.02. The summed E-state index contributed by atoms with van der Waals surface area (Å²) in [7, 11) is 0. The van der Waals surface area contributed by atoms with Crippen LogP contribution < -0.4 is 0 Å². The fourth-order valence-electron chi connectivity index (χ4n) is 2.17. The first-order chi connectivity index (χ1) is 8.33. The van der Waals surface area contributed by atoms with Gasteiger partial charge in [0.25, 0.3) is 5.91 Å². The first kappa shape index (κ1) is 11.5. The zero-order chi connectivity index (χ0) is 12.1. The van der Waals surface area contributed by atoms with Gasteiger partial charge in [0.2, 0.25) is 0 Å². The van der Waals surface area contributed by atoms with Crippen LogP contribution in [0.1, 0.15) is 23.2 Å². The van der Waals surface area contributed by atoms with Crippen LogP contribution in [-0.2, 0) is 0 Å². The molecule has 0 saturated carbocycles. The molecule has 1 saturated heterocycles. The Hall–Kier alpha value is -2.00. The van der Waals surface area contributed by atoms with Crippen molar-refractivity contribution in [3.63, 3.8) is 0 Å². The van der Waals surface area contributed by atoms with E-state index in [0.717, 1.165) is 19.4 Å². The molecule has 0 bridgehead atoms. The highest BCUT2D eigenvalue weighted by molar-refractivity contribution is 5.94. The molecule has 0 N–H and O–H groups in total. The second-order valence-electron chi connectivity index (χ2n) is 4.07. The maximum Gasteiger partial charge on any atom is 0.254 e. The van der Waals surface area contributed by atoms with E-state index >= 15 is 0 Å². The van der Waals surface area contributed by atoms with Crippen molar-refractivity contribution < 1.29 is 4.79 Å². The Bertz CT molecular complexity index is 439. The van der Waals surface area contributed by atoms with Gasteiger partial charge in [-0.2, -0.15) is 0 Å². The number of hydrogen-bond donors (Lipinski definition) is 0. The third-order valence-electron chi connectivity index (χ3n) is 3.01. The van der Waals surface area contributed by atoms with Crippen molar-refractivity contribution in [3.05, 3.63) is 46.3 Å². The number of likely N-dealkylation sites (tertiary alicyclic amines) is 1. The van der Waals surface area contributed by atoms with Gasteiger partial charge < -0.3 is 4.90 Å². The molecule has 1 aliphatic rings. The average molecular weight is 230 g/mol. The Morgan fingerprint density at radius 1 is 1.47 bits per heavy atom. The Balaban J connectivity index is 2.11. The molecular weight excluding hydrogens is 216 g/mol. The summed E-state index contributed by atoms with van der Waals surface area (Å²) >= 11 is 0. The number of rotatable bonds is 3. The third-order valence-corrected chi connectivity index (χ3v) is 3.01. The molecule has 5 nitrogen and oxygen atoms in total. The molecule has 0 aliphatic carbocycles. The van der Waals surface area contributed by atoms with Crippen LogP contribution in [0.4, 0.5) is 0 Å². The summed E-state index contributed by atoms with van der Waals surface area (Å²) in [4.78, 5) is 16.8. The van der Waals surface area contributed by atoms with Crippen molar-refractivity contribution in [2.45, 2.75) is 18.9 Å². The topological polar surface area (TPSA) is 69.1 Å². The van der Waals surface area contributed by atoms with E-state index < -0.39 is 0 Å². The van der Waals surface area contributed by atoms with Crippen LogP contribution in [0, 0.1) is 0 Å². The summed E-state index contributed by atoms with van der Waals surface area (Å²) in [6, 6.07) is 9.27. The monoisotopic (exact) mass is 230 g/mol. The minimum Gasteiger partial charge on any atom is -0.336 e. The minimum atomic E-state index is 0.0289. The van der Waals surface area contributed by atoms with Gasteiger partial charge in [-0.25, -0.2) is 0 Å². The van der Waals surface area contributed by atoms with E-state index in [2.05, 4.69) is 10.0 Å². The van der Waals surface area contributed by atoms with Crippen LogP contribution in [0.2, 0.25) is 0 Å². The predicted molar refractivity (Wildman–Crippen MR) is 64.5 cm³/mol. The van der Waals surface area contributed by atoms with Gasteiger partial charge in [-0.1, -0.05) is 23.3 Å². The molecule has 1 atom stereocenters. The second kappa shape index (κ2) is 5.37. The van der Waals surface area contributed by atoms with E-state index in [1.54, 1.807) is 0 Å². The largest absolute Gasteiger partial charge is 0.336 e. The maximum atomic E-state index is 12.2. The van der Waals surface area contributed by atoms with Gasteiger partial charge in [-0.15, -0.1) is 0 Å². The number of azide groups is 1. The average Bonchev–Trinajstić information content (AvgIpc) is 2.84. The van der Waals surface area contributed by atoms with Gasteiger partial charge in [0, 0.05) is 29.6 Å². The molecule has 1 aromatic rings. The zero-order valence-corrected chi connectivity index (χ0v) is 9.49. The summed E-state index contributed by atoms with van der Waals surface area (Å²) in [5, 5.41) is 3.57. The number of nitrogens with zero attached hydrogens (tertiary/aromatic N) is 4. The highest BCUT2D eigenvalue weighted by Gasteiger charge is 2.28. The Labute approximate surface area is 99.7 Å². The van der Waals surface area contributed by atoms with Gasteiger partial charge in [0.05, 0.1) is 0 Å². The molecule has 1 aromatic carbocycles. The molecule has 88 valence electrons. The summed E-state index contributed by atoms with van der Waals surface area (Å²) < 4.78 is 0. The number of benzene rings is 1. The number of hydrogen-bond acceptors (Lipinski definition) is 2. The number of carbonyl (C=O) groups is 1. The minimum absolute atomic E-state index is 0.0289. The number of carbonyl (C=O) groups excluding carboxylic acids is 1. The van der Waals surface area contributed by atoms with E-state index in [0.29, 0.717) is 12.1 Å². The van der Waals surface area contributed by atoms with Crippen molar-refractivity contribution in [1.29, 1.82) is 0 Å². The van der Waals surface area contributed by atoms with Crippen LogP contribution >= 0.6 is 0 Å². The second-order valence-corrected chi connectivity index (χ2v) is 4.07. The highest BCUT2D eigenvalue weighted by atomic mass is 16.2. The van der Waals surface area contributed by atoms with Crippen LogP contribution in [0.15, 0.2) is 35.4 Å². The molecule has 1 fully saturated rings. The molecule has 5 heteroatoms. The van der Waals surface area contributed by atoms with E-state index in [1.807, 2.05) is 35.2 Å². The lowest BCUT2D eigenvalue weighted by Gasteiger charge is -2.23. The number of amides is 1. The van der Waals surface area contributed by atoms with Crippen molar-refractivity contribution in [2.24, 2.45) is 5.11 Å². The highest BCUT2D eigenvalue weighted by Crippen LogP contribution is 2.20. The van der Waals surface area contributed by atoms with Crippen molar-refractivity contribution in [1.82, 2.24) is 4.90 Å². The predicted octanol–water partition coefficient (Wildman–Crippen LogP) is 2.60. The normalized spacial score (nSPS) is 18.8. The van der Waals surface area contributed by atoms with E-state index in [9.17, 15) is 4.79 Å². The molecule has 1 amide bonds. The Morgan fingerprint density at radius 2 is 2.24 bits per heavy atom. The van der Waals surface area contributed by atoms with E-state index in [-0.39, 0.29) is 11.9 Å². The van der Waals surface area contributed by atoms with Crippen LogP contribution in [0.3, 0.4) is 0 Å². The smallest absolute Gasteiger partial charge is 0.254 e. The van der Waals surface area contributed by atoms with Crippen molar-refractivity contribution >= 4 is 5.91 Å². The van der Waals surface area contributed by atoms with Gasteiger partial charge in [0.15, 0.2) is 0 Å². The molecular formula is C12H14N4O. The maximum absolute atomic E-state index is 12.2. The SMILES string of the molecule is [N-]=[N+]=NC[C@@H]1CCCN1C(=O)c1ccccc1. The lowest BCUT2D eigenvalue weighted by molar-refractivity contribution is 0.0741. The van der Waals surface area contributed by atoms with Crippen molar-refractivity contribution in [3.8, 4) is 0 Å². The molecule has 0 unspecified atom stereocenters. The molecule has 0 radical (unpaired) electrons. The first-order valence-electron chi connectivity index (χ1n) is 5.70. The molecule has 17 heavy (non-hydrogen) atoms. The molecule has 0 spiro atoms. The first-order valence-corrected chi connectivity index (χ1v) is 5.70. The van der Waals surface area contributed by atoms with Gasteiger partial charge in [-0.3, -0.25) is 4.79 Å². The van der Waals surface area contributed by atoms with Crippen molar-refractivity contribution in [2.75, 3.05) is 13.1 Å². The van der Waals surface area contributed by atoms with E-state index in [4.69, 9.17) is 5.53 Å². The van der Waals surface area contributed by atoms with E-state index in [1.165, 1.54) is 0 Å². The fraction of sp³-hybridized carbons (Fsp3) is 0.417. The summed E-state index contributed by atoms with van der Waals surface area (Å²) in [6.45, 7) is 1.12. The molecule has 1 aliphatic heterocycles. The standard InChI is InChI=1S/C12H14N4O/c13-15-14-9-11-7-4-8-16(11)12(17)10-5-2-1-3-6-10/h1-3,5-6,11H,4,7-9H2/t11-/m0/s1. The Kier molecular flexibility index (Phi) is 3.62. The van der Waals surface area contributed by atoms with Gasteiger partial charge in [0.1, 0.15) is 0 Å². The van der Waals surface area contributed by atoms with Crippen LogP contribution in [-0.4, -0.2) is 29.9 Å². The molecule has 2 rings (SSSR count). The Morgan fingerprint density at radius 3 is 2.94 bits per heavy atom. The lowest BCUT2D eigenvalue weighted by atomic mass is 10.1. The summed E-state index contributed by atoms with van der Waals surface area (Å²) in [6.07, 6.45) is 1.89. The fourth-order valence-corrected chi connectivity index (χ4v) is 2.17.